The number of hydrogen-bond acceptors (Lipinski definition) is 3. The highest BCUT2D eigenvalue weighted by Gasteiger charge is 2.39. The Morgan fingerprint density at radius 1 is 1.30 bits per heavy atom. The van der Waals surface area contributed by atoms with Crippen molar-refractivity contribution in [2.45, 2.75) is 44.3 Å². The van der Waals surface area contributed by atoms with Crippen LogP contribution in [0.4, 0.5) is 4.39 Å². The molecule has 3 atom stereocenters. The highest BCUT2D eigenvalue weighted by Crippen LogP contribution is 2.29. The molecule has 2 bridgehead atoms. The Bertz CT molecular complexity index is 755. The van der Waals surface area contributed by atoms with Crippen LogP contribution in [0, 0.1) is 12.7 Å². The second-order valence-electron chi connectivity index (χ2n) is 6.49. The Morgan fingerprint density at radius 2 is 2.17 bits per heavy atom. The van der Waals surface area contributed by atoms with Gasteiger partial charge in [-0.1, -0.05) is 0 Å². The molecule has 2 aliphatic heterocycles. The van der Waals surface area contributed by atoms with E-state index >= 15 is 0 Å². The summed E-state index contributed by atoms with van der Waals surface area (Å²) in [6.07, 6.45) is 3.31. The lowest BCUT2D eigenvalue weighted by molar-refractivity contribution is 0.0903. The first kappa shape index (κ1) is 14.5. The molecule has 3 unspecified atom stereocenters. The number of fused-ring (bicyclic) bond motifs is 2. The Morgan fingerprint density at radius 3 is 2.87 bits per heavy atom. The molecule has 3 heterocycles. The van der Waals surface area contributed by atoms with Gasteiger partial charge in [-0.3, -0.25) is 4.79 Å². The number of carbonyl (C=O) groups excluding carboxylic acids is 1. The largest absolute Gasteiger partial charge is 0.451 e. The number of carbonyl (C=O) groups is 1. The average Bonchev–Trinajstić information content (AvgIpc) is 3.25. The van der Waals surface area contributed by atoms with Gasteiger partial charge in [-0.25, -0.2) is 4.39 Å². The van der Waals surface area contributed by atoms with E-state index in [9.17, 15) is 9.18 Å². The molecule has 2 saturated heterocycles. The van der Waals surface area contributed by atoms with Gasteiger partial charge in [-0.15, -0.1) is 0 Å². The van der Waals surface area contributed by atoms with Crippen LogP contribution < -0.4 is 10.6 Å². The molecule has 4 rings (SSSR count). The van der Waals surface area contributed by atoms with Gasteiger partial charge in [0.2, 0.25) is 0 Å². The maximum absolute atomic E-state index is 13.3. The van der Waals surface area contributed by atoms with Gasteiger partial charge in [0.15, 0.2) is 5.76 Å². The van der Waals surface area contributed by atoms with E-state index in [1.165, 1.54) is 12.5 Å². The minimum absolute atomic E-state index is 0.183. The van der Waals surface area contributed by atoms with E-state index in [1.54, 1.807) is 31.2 Å². The molecule has 1 aromatic carbocycles. The molecule has 4 nitrogen and oxygen atoms in total. The molecule has 120 valence electrons. The molecule has 2 aromatic rings. The van der Waals surface area contributed by atoms with Crippen LogP contribution in [0.25, 0.3) is 11.3 Å². The molecule has 23 heavy (non-hydrogen) atoms. The Hall–Kier alpha value is -2.14. The molecule has 0 saturated carbocycles. The fourth-order valence-corrected chi connectivity index (χ4v) is 3.64. The lowest BCUT2D eigenvalue weighted by atomic mass is 9.95. The number of hydrogen-bond donors (Lipinski definition) is 2. The van der Waals surface area contributed by atoms with Crippen LogP contribution in [0.5, 0.6) is 0 Å². The number of nitrogens with one attached hydrogen (secondary N) is 2. The summed E-state index contributed by atoms with van der Waals surface area (Å²) >= 11 is 0. The normalized spacial score (nSPS) is 25.7. The standard InChI is InChI=1S/C18H19FN2O2/c1-10-8-11(2-4-13(10)19)16-6-7-17(23-16)18(22)21-15-9-12-3-5-14(15)20-12/h2,4,6-8,12,14-15,20H,3,5,9H2,1H3,(H,21,22). The maximum Gasteiger partial charge on any atom is 0.287 e. The summed E-state index contributed by atoms with van der Waals surface area (Å²) in [7, 11) is 0. The van der Waals surface area contributed by atoms with Crippen LogP contribution in [0.2, 0.25) is 0 Å². The second-order valence-corrected chi connectivity index (χ2v) is 6.49. The third kappa shape index (κ3) is 2.65. The molecule has 1 amide bonds. The van der Waals surface area contributed by atoms with Crippen LogP contribution in [0.1, 0.15) is 35.4 Å². The molecule has 1 aromatic heterocycles. The van der Waals surface area contributed by atoms with Crippen LogP contribution >= 0.6 is 0 Å². The van der Waals surface area contributed by atoms with Crippen molar-refractivity contribution in [2.75, 3.05) is 0 Å². The van der Waals surface area contributed by atoms with Gasteiger partial charge in [-0.2, -0.15) is 0 Å². The van der Waals surface area contributed by atoms with Gasteiger partial charge in [-0.05, 0) is 62.1 Å². The van der Waals surface area contributed by atoms with Crippen molar-refractivity contribution in [3.8, 4) is 11.3 Å². The van der Waals surface area contributed by atoms with Gasteiger partial charge in [0, 0.05) is 23.7 Å². The smallest absolute Gasteiger partial charge is 0.287 e. The fraction of sp³-hybridized carbons (Fsp3) is 0.389. The van der Waals surface area contributed by atoms with Crippen molar-refractivity contribution >= 4 is 5.91 Å². The van der Waals surface area contributed by atoms with E-state index in [0.717, 1.165) is 18.4 Å². The lowest BCUT2D eigenvalue weighted by Crippen LogP contribution is -2.42. The topological polar surface area (TPSA) is 54.3 Å². The summed E-state index contributed by atoms with van der Waals surface area (Å²) < 4.78 is 19.0. The molecule has 0 aliphatic carbocycles. The first-order chi connectivity index (χ1) is 11.1. The molecule has 5 heteroatoms. The number of halogens is 1. The number of amides is 1. The van der Waals surface area contributed by atoms with E-state index in [-0.39, 0.29) is 17.8 Å². The van der Waals surface area contributed by atoms with E-state index in [0.29, 0.717) is 29.2 Å². The van der Waals surface area contributed by atoms with Gasteiger partial charge < -0.3 is 15.1 Å². The lowest BCUT2D eigenvalue weighted by Gasteiger charge is -2.20. The SMILES string of the molecule is Cc1cc(-c2ccc(C(=O)NC3CC4CCC3N4)o2)ccc1F. The number of aryl methyl sites for hydroxylation is 1. The van der Waals surface area contributed by atoms with E-state index < -0.39 is 0 Å². The third-order valence-corrected chi connectivity index (χ3v) is 4.89. The summed E-state index contributed by atoms with van der Waals surface area (Å²) in [5, 5.41) is 6.55. The number of rotatable bonds is 3. The molecular formula is C18H19FN2O2. The highest BCUT2D eigenvalue weighted by molar-refractivity contribution is 5.92. The maximum atomic E-state index is 13.3. The first-order valence-electron chi connectivity index (χ1n) is 8.03. The zero-order chi connectivity index (χ0) is 16.0. The van der Waals surface area contributed by atoms with Crippen LogP contribution in [0.3, 0.4) is 0 Å². The molecule has 2 N–H and O–H groups in total. The minimum atomic E-state index is -0.248. The van der Waals surface area contributed by atoms with Crippen molar-refractivity contribution in [3.63, 3.8) is 0 Å². The summed E-state index contributed by atoms with van der Waals surface area (Å²) in [5.41, 5.74) is 1.32. The molecule has 2 aliphatic rings. The summed E-state index contributed by atoms with van der Waals surface area (Å²) in [4.78, 5) is 12.4. The van der Waals surface area contributed by atoms with Crippen molar-refractivity contribution in [1.29, 1.82) is 0 Å². The van der Waals surface area contributed by atoms with Crippen molar-refractivity contribution in [1.82, 2.24) is 10.6 Å². The van der Waals surface area contributed by atoms with Crippen LogP contribution in [-0.4, -0.2) is 24.0 Å². The van der Waals surface area contributed by atoms with Crippen LogP contribution in [0.15, 0.2) is 34.7 Å². The highest BCUT2D eigenvalue weighted by atomic mass is 19.1. The molecular weight excluding hydrogens is 295 g/mol. The van der Waals surface area contributed by atoms with Crippen molar-refractivity contribution < 1.29 is 13.6 Å². The van der Waals surface area contributed by atoms with Crippen LogP contribution in [-0.2, 0) is 0 Å². The first-order valence-corrected chi connectivity index (χ1v) is 8.03. The van der Waals surface area contributed by atoms with Crippen molar-refractivity contribution in [2.24, 2.45) is 0 Å². The zero-order valence-electron chi connectivity index (χ0n) is 12.9. The predicted octanol–water partition coefficient (Wildman–Crippen LogP) is 3.02. The van der Waals surface area contributed by atoms with Gasteiger partial charge >= 0.3 is 0 Å². The monoisotopic (exact) mass is 314 g/mol. The minimum Gasteiger partial charge on any atom is -0.451 e. The van der Waals surface area contributed by atoms with Gasteiger partial charge in [0.05, 0.1) is 0 Å². The Kier molecular flexibility index (Phi) is 3.45. The summed E-state index contributed by atoms with van der Waals surface area (Å²) in [5.74, 6) is 0.436. The molecule has 0 spiro atoms. The van der Waals surface area contributed by atoms with E-state index in [2.05, 4.69) is 10.6 Å². The Balaban J connectivity index is 1.48. The van der Waals surface area contributed by atoms with Gasteiger partial charge in [0.1, 0.15) is 11.6 Å². The van der Waals surface area contributed by atoms with Crippen molar-refractivity contribution in [3.05, 3.63) is 47.5 Å². The molecule has 2 fully saturated rings. The van der Waals surface area contributed by atoms with E-state index in [1.807, 2.05) is 0 Å². The summed E-state index contributed by atoms with van der Waals surface area (Å²) in [6, 6.07) is 9.32. The third-order valence-electron chi connectivity index (χ3n) is 4.89. The van der Waals surface area contributed by atoms with E-state index in [4.69, 9.17) is 4.42 Å². The van der Waals surface area contributed by atoms with Gasteiger partial charge in [0.25, 0.3) is 5.91 Å². The average molecular weight is 314 g/mol. The number of benzene rings is 1. The second kappa shape index (κ2) is 5.49. The summed E-state index contributed by atoms with van der Waals surface area (Å²) in [6.45, 7) is 1.71. The fourth-order valence-electron chi connectivity index (χ4n) is 3.64. The zero-order valence-corrected chi connectivity index (χ0v) is 12.9. The molecule has 0 radical (unpaired) electrons. The quantitative estimate of drug-likeness (QED) is 0.915. The number of furan rings is 1. The predicted molar refractivity (Wildman–Crippen MR) is 84.7 cm³/mol. The Labute approximate surface area is 134 Å².